The topological polar surface area (TPSA) is 86.6 Å². The molecule has 0 aromatic rings. The summed E-state index contributed by atoms with van der Waals surface area (Å²) in [4.78, 5) is 0. The number of unbranched alkanes of at least 4 members (excludes halogenated alkanes) is 14. The molecule has 0 heterocycles. The highest BCUT2D eigenvalue weighted by atomic mass is 16.7. The molecule has 0 fully saturated rings. The molecule has 7 nitrogen and oxygen atoms in total. The molecule has 2 N–H and O–H groups in total. The van der Waals surface area contributed by atoms with E-state index in [1.54, 1.807) is 0 Å². The zero-order valence-corrected chi connectivity index (χ0v) is 35.0. The Kier molecular flexibility index (Phi) is 39.2. The van der Waals surface area contributed by atoms with Crippen LogP contribution in [0, 0.1) is 23.7 Å². The Balaban J connectivity index is 3.17. The maximum absolute atomic E-state index is 9.52. The molecule has 0 aromatic heterocycles. The van der Waals surface area contributed by atoms with Gasteiger partial charge >= 0.3 is 0 Å². The number of aliphatic hydroxyl groups excluding tert-OH is 2. The van der Waals surface area contributed by atoms with E-state index in [0.29, 0.717) is 37.3 Å². The number of ether oxygens (including phenoxy) is 5. The maximum Gasteiger partial charge on any atom is 0.149 e. The van der Waals surface area contributed by atoms with Crippen molar-refractivity contribution >= 4 is 0 Å². The van der Waals surface area contributed by atoms with Gasteiger partial charge in [0.25, 0.3) is 0 Å². The van der Waals surface area contributed by atoms with E-state index in [4.69, 9.17) is 23.7 Å². The first kappa shape index (κ1) is 50.7. The Labute approximate surface area is 318 Å². The van der Waals surface area contributed by atoms with Crippen molar-refractivity contribution in [3.8, 4) is 0 Å². The van der Waals surface area contributed by atoms with Crippen molar-refractivity contribution in [2.45, 2.75) is 208 Å². The summed E-state index contributed by atoms with van der Waals surface area (Å²) in [5.74, 6) is 2.64. The molecule has 0 aliphatic rings. The van der Waals surface area contributed by atoms with Gasteiger partial charge in [0, 0.05) is 39.6 Å². The first-order valence-corrected chi connectivity index (χ1v) is 21.9. The monoisotopic (exact) mass is 731 g/mol. The van der Waals surface area contributed by atoms with E-state index in [2.05, 4.69) is 27.7 Å². The molecular formula is C44H90O7. The van der Waals surface area contributed by atoms with Crippen molar-refractivity contribution in [3.05, 3.63) is 0 Å². The second-order valence-corrected chi connectivity index (χ2v) is 16.5. The van der Waals surface area contributed by atoms with Crippen LogP contribution in [-0.2, 0) is 23.7 Å². The fraction of sp³-hybridized carbons (Fsp3) is 1.00. The lowest BCUT2D eigenvalue weighted by Gasteiger charge is -2.18. The standard InChI is InChI=1S/C44H90O7/c1-39(33-41(3)35-43(5)45)25-23-31-47-27-19-15-11-7-9-13-17-21-29-49-37-51-38-50-30-22-18-14-10-8-12-16-20-28-48-32-24-26-40(2)34-42(4)36-44(6)46/h39-46H,7-38H2,1-6H3. The zero-order chi connectivity index (χ0) is 37.6. The van der Waals surface area contributed by atoms with E-state index in [-0.39, 0.29) is 12.2 Å². The van der Waals surface area contributed by atoms with Crippen molar-refractivity contribution in [2.75, 3.05) is 53.2 Å². The van der Waals surface area contributed by atoms with Crippen LogP contribution in [0.1, 0.15) is 196 Å². The summed E-state index contributed by atoms with van der Waals surface area (Å²) in [6.45, 7) is 18.7. The summed E-state index contributed by atoms with van der Waals surface area (Å²) >= 11 is 0. The summed E-state index contributed by atoms with van der Waals surface area (Å²) in [5.41, 5.74) is 0. The smallest absolute Gasteiger partial charge is 0.149 e. The number of rotatable bonds is 42. The van der Waals surface area contributed by atoms with Crippen LogP contribution in [0.4, 0.5) is 0 Å². The molecular weight excluding hydrogens is 640 g/mol. The Morgan fingerprint density at radius 3 is 0.882 bits per heavy atom. The summed E-state index contributed by atoms with van der Waals surface area (Å²) in [5, 5.41) is 19.0. The van der Waals surface area contributed by atoms with Gasteiger partial charge in [-0.05, 0) is 115 Å². The van der Waals surface area contributed by atoms with Crippen LogP contribution < -0.4 is 0 Å². The van der Waals surface area contributed by atoms with Crippen molar-refractivity contribution in [1.82, 2.24) is 0 Å². The summed E-state index contributed by atoms with van der Waals surface area (Å²) in [7, 11) is 0. The highest BCUT2D eigenvalue weighted by Gasteiger charge is 2.12. The van der Waals surface area contributed by atoms with Crippen LogP contribution in [0.25, 0.3) is 0 Å². The third kappa shape index (κ3) is 42.3. The fourth-order valence-corrected chi connectivity index (χ4v) is 7.45. The van der Waals surface area contributed by atoms with Gasteiger partial charge in [-0.2, -0.15) is 0 Å². The molecule has 0 radical (unpaired) electrons. The maximum atomic E-state index is 9.52. The molecule has 0 aliphatic carbocycles. The lowest BCUT2D eigenvalue weighted by molar-refractivity contribution is -0.131. The van der Waals surface area contributed by atoms with Gasteiger partial charge in [-0.3, -0.25) is 0 Å². The van der Waals surface area contributed by atoms with Crippen LogP contribution in [0.5, 0.6) is 0 Å². The summed E-state index contributed by atoms with van der Waals surface area (Å²) < 4.78 is 28.3. The highest BCUT2D eigenvalue weighted by Crippen LogP contribution is 2.22. The molecule has 0 aliphatic heterocycles. The number of hydrogen-bond donors (Lipinski definition) is 2. The van der Waals surface area contributed by atoms with Gasteiger partial charge in [-0.25, -0.2) is 0 Å². The molecule has 6 unspecified atom stereocenters. The molecule has 0 saturated carbocycles. The Morgan fingerprint density at radius 1 is 0.294 bits per heavy atom. The molecule has 0 amide bonds. The Morgan fingerprint density at radius 2 is 0.569 bits per heavy atom. The van der Waals surface area contributed by atoms with Crippen molar-refractivity contribution in [3.63, 3.8) is 0 Å². The average molecular weight is 731 g/mol. The lowest BCUT2D eigenvalue weighted by atomic mass is 9.90. The molecule has 0 aromatic carbocycles. The van der Waals surface area contributed by atoms with Crippen LogP contribution in [-0.4, -0.2) is 75.6 Å². The predicted molar refractivity (Wildman–Crippen MR) is 215 cm³/mol. The van der Waals surface area contributed by atoms with Gasteiger partial charge in [0.2, 0.25) is 0 Å². The molecule has 0 saturated heterocycles. The largest absolute Gasteiger partial charge is 0.393 e. The van der Waals surface area contributed by atoms with Gasteiger partial charge in [0.1, 0.15) is 13.6 Å². The van der Waals surface area contributed by atoms with E-state index in [1.165, 1.54) is 116 Å². The predicted octanol–water partition coefficient (Wildman–Crippen LogP) is 11.7. The van der Waals surface area contributed by atoms with E-state index >= 15 is 0 Å². The van der Waals surface area contributed by atoms with Crippen molar-refractivity contribution in [1.29, 1.82) is 0 Å². The lowest BCUT2D eigenvalue weighted by Crippen LogP contribution is -2.11. The Hall–Kier alpha value is -0.280. The van der Waals surface area contributed by atoms with Gasteiger partial charge in [-0.1, -0.05) is 105 Å². The van der Waals surface area contributed by atoms with E-state index in [9.17, 15) is 10.2 Å². The van der Waals surface area contributed by atoms with Crippen LogP contribution in [0.2, 0.25) is 0 Å². The van der Waals surface area contributed by atoms with Crippen LogP contribution in [0.3, 0.4) is 0 Å². The number of aliphatic hydroxyl groups is 2. The van der Waals surface area contributed by atoms with Crippen molar-refractivity contribution < 1.29 is 33.9 Å². The normalized spacial score (nSPS) is 15.5. The minimum atomic E-state index is -0.181. The second-order valence-electron chi connectivity index (χ2n) is 16.5. The summed E-state index contributed by atoms with van der Waals surface area (Å²) in [6.07, 6.45) is 28.7. The quantitative estimate of drug-likeness (QED) is 0.0477. The van der Waals surface area contributed by atoms with Gasteiger partial charge in [0.05, 0.1) is 12.2 Å². The minimum Gasteiger partial charge on any atom is -0.393 e. The second kappa shape index (κ2) is 39.4. The molecule has 0 spiro atoms. The molecule has 6 atom stereocenters. The molecule has 7 heteroatoms. The molecule has 0 bridgehead atoms. The zero-order valence-electron chi connectivity index (χ0n) is 35.0. The first-order chi connectivity index (χ1) is 24.7. The van der Waals surface area contributed by atoms with E-state index < -0.39 is 0 Å². The van der Waals surface area contributed by atoms with E-state index in [0.717, 1.165) is 78.2 Å². The van der Waals surface area contributed by atoms with E-state index in [1.807, 2.05) is 13.8 Å². The SMILES string of the molecule is CC(O)CC(C)CC(C)CCCOCCCCCCCCCCOCOCOCCCCCCCCCCOCCCC(C)CC(C)CC(C)O. The van der Waals surface area contributed by atoms with Crippen molar-refractivity contribution in [2.24, 2.45) is 23.7 Å². The minimum absolute atomic E-state index is 0.181. The molecule has 0 rings (SSSR count). The highest BCUT2D eigenvalue weighted by molar-refractivity contribution is 4.64. The van der Waals surface area contributed by atoms with Gasteiger partial charge in [-0.15, -0.1) is 0 Å². The summed E-state index contributed by atoms with van der Waals surface area (Å²) in [6, 6.07) is 0. The number of hydrogen-bond acceptors (Lipinski definition) is 7. The third-order valence-electron chi connectivity index (χ3n) is 10.1. The Bertz CT molecular complexity index is 607. The van der Waals surface area contributed by atoms with Gasteiger partial charge in [0.15, 0.2) is 0 Å². The third-order valence-corrected chi connectivity index (χ3v) is 10.1. The van der Waals surface area contributed by atoms with Crippen LogP contribution >= 0.6 is 0 Å². The fourth-order valence-electron chi connectivity index (χ4n) is 7.45. The molecule has 308 valence electrons. The van der Waals surface area contributed by atoms with Gasteiger partial charge < -0.3 is 33.9 Å². The first-order valence-electron chi connectivity index (χ1n) is 21.9. The average Bonchev–Trinajstić information content (AvgIpc) is 3.06. The molecule has 51 heavy (non-hydrogen) atoms. The van der Waals surface area contributed by atoms with Crippen LogP contribution in [0.15, 0.2) is 0 Å².